The molecule has 0 fully saturated rings. The van der Waals surface area contributed by atoms with Crippen molar-refractivity contribution in [3.05, 3.63) is 50.4 Å². The standard InChI is InChI=1S/C12H13BrN2S/c1-8-10(5-6-16-8)12(14-2)11-4-3-9(13)7-15-11/h3-7,12,14H,1-2H3. The lowest BCUT2D eigenvalue weighted by molar-refractivity contribution is 0.670. The van der Waals surface area contributed by atoms with Crippen molar-refractivity contribution in [2.24, 2.45) is 0 Å². The molecule has 0 saturated heterocycles. The predicted molar refractivity (Wildman–Crippen MR) is 71.9 cm³/mol. The van der Waals surface area contributed by atoms with Gasteiger partial charge in [0.25, 0.3) is 0 Å². The van der Waals surface area contributed by atoms with Crippen LogP contribution < -0.4 is 5.32 Å². The van der Waals surface area contributed by atoms with Gasteiger partial charge in [-0.3, -0.25) is 4.98 Å². The molecule has 2 rings (SSSR count). The molecular formula is C12H13BrN2S. The fourth-order valence-electron chi connectivity index (χ4n) is 1.71. The van der Waals surface area contributed by atoms with Gasteiger partial charge < -0.3 is 5.32 Å². The van der Waals surface area contributed by atoms with Gasteiger partial charge in [-0.15, -0.1) is 11.3 Å². The quantitative estimate of drug-likeness (QED) is 0.937. The normalized spacial score (nSPS) is 12.7. The lowest BCUT2D eigenvalue weighted by atomic mass is 10.0. The van der Waals surface area contributed by atoms with Crippen molar-refractivity contribution in [3.8, 4) is 0 Å². The first-order chi connectivity index (χ1) is 7.72. The third-order valence-corrected chi connectivity index (χ3v) is 3.88. The molecule has 0 bridgehead atoms. The molecule has 2 nitrogen and oxygen atoms in total. The maximum absolute atomic E-state index is 4.44. The van der Waals surface area contributed by atoms with E-state index in [2.05, 4.69) is 44.6 Å². The summed E-state index contributed by atoms with van der Waals surface area (Å²) in [4.78, 5) is 5.78. The minimum Gasteiger partial charge on any atom is -0.308 e. The third-order valence-electron chi connectivity index (χ3n) is 2.54. The molecule has 0 aliphatic carbocycles. The average molecular weight is 297 g/mol. The van der Waals surface area contributed by atoms with Crippen molar-refractivity contribution in [2.75, 3.05) is 7.05 Å². The van der Waals surface area contributed by atoms with Crippen LogP contribution in [0.1, 0.15) is 22.2 Å². The van der Waals surface area contributed by atoms with Gasteiger partial charge in [0.15, 0.2) is 0 Å². The SMILES string of the molecule is CNC(c1ccc(Br)cn1)c1ccsc1C. The maximum Gasteiger partial charge on any atom is 0.0759 e. The first-order valence-corrected chi connectivity index (χ1v) is 6.72. The molecule has 1 atom stereocenters. The van der Waals surface area contributed by atoms with Crippen LogP contribution in [0.4, 0.5) is 0 Å². The van der Waals surface area contributed by atoms with E-state index < -0.39 is 0 Å². The molecule has 0 spiro atoms. The van der Waals surface area contributed by atoms with Crippen LogP contribution >= 0.6 is 27.3 Å². The average Bonchev–Trinajstić information content (AvgIpc) is 2.69. The summed E-state index contributed by atoms with van der Waals surface area (Å²) in [7, 11) is 1.96. The highest BCUT2D eigenvalue weighted by Gasteiger charge is 2.15. The third kappa shape index (κ3) is 2.34. The molecule has 4 heteroatoms. The minimum atomic E-state index is 0.180. The first kappa shape index (κ1) is 11.8. The molecule has 0 saturated carbocycles. The largest absolute Gasteiger partial charge is 0.308 e. The molecule has 1 unspecified atom stereocenters. The molecule has 2 aromatic heterocycles. The fraction of sp³-hybridized carbons (Fsp3) is 0.250. The van der Waals surface area contributed by atoms with Gasteiger partial charge in [-0.05, 0) is 59.0 Å². The van der Waals surface area contributed by atoms with E-state index in [1.54, 1.807) is 11.3 Å². The number of aryl methyl sites for hydroxylation is 1. The molecule has 84 valence electrons. The molecule has 1 N–H and O–H groups in total. The summed E-state index contributed by atoms with van der Waals surface area (Å²) in [6.45, 7) is 2.14. The Labute approximate surface area is 108 Å². The summed E-state index contributed by atoms with van der Waals surface area (Å²) in [6.07, 6.45) is 1.83. The van der Waals surface area contributed by atoms with E-state index in [-0.39, 0.29) is 6.04 Å². The number of nitrogens with one attached hydrogen (secondary N) is 1. The Balaban J connectivity index is 2.37. The lowest BCUT2D eigenvalue weighted by Gasteiger charge is -2.15. The van der Waals surface area contributed by atoms with E-state index >= 15 is 0 Å². The Kier molecular flexibility index (Phi) is 3.74. The van der Waals surface area contributed by atoms with Gasteiger partial charge in [0.05, 0.1) is 11.7 Å². The number of thiophene rings is 1. The van der Waals surface area contributed by atoms with Crippen molar-refractivity contribution >= 4 is 27.3 Å². The molecule has 0 aliphatic rings. The van der Waals surface area contributed by atoms with E-state index in [4.69, 9.17) is 0 Å². The summed E-state index contributed by atoms with van der Waals surface area (Å²) in [5.41, 5.74) is 2.36. The highest BCUT2D eigenvalue weighted by molar-refractivity contribution is 9.10. The summed E-state index contributed by atoms with van der Waals surface area (Å²) in [6, 6.07) is 6.40. The molecule has 16 heavy (non-hydrogen) atoms. The Morgan fingerprint density at radius 2 is 2.19 bits per heavy atom. The molecule has 0 aromatic carbocycles. The topological polar surface area (TPSA) is 24.9 Å². The molecule has 0 aliphatic heterocycles. The number of rotatable bonds is 3. The van der Waals surface area contributed by atoms with Crippen LogP contribution in [0, 0.1) is 6.92 Å². The van der Waals surface area contributed by atoms with E-state index in [0.29, 0.717) is 0 Å². The second-order valence-corrected chi connectivity index (χ2v) is 5.59. The zero-order valence-corrected chi connectivity index (χ0v) is 11.6. The second-order valence-electron chi connectivity index (χ2n) is 3.56. The van der Waals surface area contributed by atoms with E-state index in [9.17, 15) is 0 Å². The van der Waals surface area contributed by atoms with Crippen molar-refractivity contribution in [3.63, 3.8) is 0 Å². The van der Waals surface area contributed by atoms with Gasteiger partial charge in [0.1, 0.15) is 0 Å². The monoisotopic (exact) mass is 296 g/mol. The van der Waals surface area contributed by atoms with Crippen LogP contribution in [0.2, 0.25) is 0 Å². The summed E-state index contributed by atoms with van der Waals surface area (Å²) < 4.78 is 1.01. The zero-order valence-electron chi connectivity index (χ0n) is 9.20. The second kappa shape index (κ2) is 5.08. The van der Waals surface area contributed by atoms with Gasteiger partial charge in [-0.25, -0.2) is 0 Å². The van der Waals surface area contributed by atoms with Crippen molar-refractivity contribution in [1.29, 1.82) is 0 Å². The molecule has 0 amide bonds. The Bertz CT molecular complexity index is 464. The van der Waals surface area contributed by atoms with Crippen LogP contribution in [-0.4, -0.2) is 12.0 Å². The van der Waals surface area contributed by atoms with E-state index in [1.807, 2.05) is 25.4 Å². The molecular weight excluding hydrogens is 284 g/mol. The number of aromatic nitrogens is 1. The van der Waals surface area contributed by atoms with Crippen molar-refractivity contribution in [2.45, 2.75) is 13.0 Å². The predicted octanol–water partition coefficient (Wildman–Crippen LogP) is 3.52. The van der Waals surface area contributed by atoms with Crippen LogP contribution in [-0.2, 0) is 0 Å². The minimum absolute atomic E-state index is 0.180. The zero-order chi connectivity index (χ0) is 11.5. The Hall–Kier alpha value is -0.710. The number of hydrogen-bond acceptors (Lipinski definition) is 3. The summed E-state index contributed by atoms with van der Waals surface area (Å²) >= 11 is 5.17. The van der Waals surface area contributed by atoms with E-state index in [1.165, 1.54) is 10.4 Å². The number of nitrogens with zero attached hydrogens (tertiary/aromatic N) is 1. The van der Waals surface area contributed by atoms with Gasteiger partial charge in [-0.2, -0.15) is 0 Å². The Morgan fingerprint density at radius 3 is 2.69 bits per heavy atom. The van der Waals surface area contributed by atoms with Gasteiger partial charge in [0.2, 0.25) is 0 Å². The van der Waals surface area contributed by atoms with Crippen LogP contribution in [0.3, 0.4) is 0 Å². The first-order valence-electron chi connectivity index (χ1n) is 5.05. The van der Waals surface area contributed by atoms with Gasteiger partial charge in [-0.1, -0.05) is 0 Å². The van der Waals surface area contributed by atoms with Crippen molar-refractivity contribution in [1.82, 2.24) is 10.3 Å². The highest BCUT2D eigenvalue weighted by Crippen LogP contribution is 2.27. The summed E-state index contributed by atoms with van der Waals surface area (Å²) in [5, 5.41) is 5.43. The van der Waals surface area contributed by atoms with Crippen molar-refractivity contribution < 1.29 is 0 Å². The van der Waals surface area contributed by atoms with Crippen LogP contribution in [0.5, 0.6) is 0 Å². The van der Waals surface area contributed by atoms with Crippen LogP contribution in [0.25, 0.3) is 0 Å². The highest BCUT2D eigenvalue weighted by atomic mass is 79.9. The van der Waals surface area contributed by atoms with Crippen LogP contribution in [0.15, 0.2) is 34.2 Å². The number of halogens is 1. The molecule has 2 heterocycles. The summed E-state index contributed by atoms with van der Waals surface area (Å²) in [5.74, 6) is 0. The number of hydrogen-bond donors (Lipinski definition) is 1. The number of pyridine rings is 1. The van der Waals surface area contributed by atoms with Gasteiger partial charge >= 0.3 is 0 Å². The van der Waals surface area contributed by atoms with Gasteiger partial charge in [0, 0.05) is 15.5 Å². The lowest BCUT2D eigenvalue weighted by Crippen LogP contribution is -2.18. The van der Waals surface area contributed by atoms with E-state index in [0.717, 1.165) is 10.2 Å². The molecule has 2 aromatic rings. The molecule has 0 radical (unpaired) electrons. The smallest absolute Gasteiger partial charge is 0.0759 e. The maximum atomic E-state index is 4.44. The Morgan fingerprint density at radius 1 is 1.38 bits per heavy atom. The fourth-order valence-corrected chi connectivity index (χ4v) is 2.69.